The molecule has 0 amide bonds. The predicted molar refractivity (Wildman–Crippen MR) is 70.7 cm³/mol. The minimum atomic E-state index is -3.87. The monoisotopic (exact) mass is 325 g/mol. The van der Waals surface area contributed by atoms with E-state index in [1.54, 1.807) is 6.92 Å². The van der Waals surface area contributed by atoms with Gasteiger partial charge in [-0.15, -0.1) is 0 Å². The molecular formula is C9H15N3O6S2. The Morgan fingerprint density at radius 1 is 1.25 bits per heavy atom. The van der Waals surface area contributed by atoms with Gasteiger partial charge in [0.25, 0.3) is 20.2 Å². The van der Waals surface area contributed by atoms with Crippen LogP contribution in [0.4, 0.5) is 0 Å². The lowest BCUT2D eigenvalue weighted by molar-refractivity contribution is 0.0501. The van der Waals surface area contributed by atoms with E-state index in [0.29, 0.717) is 5.57 Å². The second-order valence-corrected chi connectivity index (χ2v) is 7.72. The van der Waals surface area contributed by atoms with Gasteiger partial charge in [-0.25, -0.2) is 0 Å². The number of hydrogen-bond donors (Lipinski definition) is 0. The second kappa shape index (κ2) is 6.10. The number of hydrogen-bond acceptors (Lipinski definition) is 7. The van der Waals surface area contributed by atoms with Crippen molar-refractivity contribution in [3.05, 3.63) is 22.1 Å². The lowest BCUT2D eigenvalue weighted by atomic mass is 9.92. The molecule has 1 aliphatic rings. The summed E-state index contributed by atoms with van der Waals surface area (Å²) in [5.74, 6) is 0. The van der Waals surface area contributed by atoms with Crippen LogP contribution in [0.2, 0.25) is 0 Å². The van der Waals surface area contributed by atoms with Crippen LogP contribution in [-0.2, 0) is 28.6 Å². The Balaban J connectivity index is 3.18. The van der Waals surface area contributed by atoms with Crippen molar-refractivity contribution < 1.29 is 25.2 Å². The Labute approximate surface area is 117 Å². The third-order valence-electron chi connectivity index (χ3n) is 2.45. The Kier molecular flexibility index (Phi) is 5.16. The van der Waals surface area contributed by atoms with Crippen molar-refractivity contribution in [2.75, 3.05) is 12.5 Å². The molecule has 0 spiro atoms. The molecule has 0 saturated heterocycles. The van der Waals surface area contributed by atoms with Crippen LogP contribution in [-0.4, -0.2) is 47.6 Å². The number of azide groups is 1. The summed E-state index contributed by atoms with van der Waals surface area (Å²) in [5, 5.41) is 3.42. The van der Waals surface area contributed by atoms with Gasteiger partial charge in [0.2, 0.25) is 0 Å². The molecule has 1 aliphatic carbocycles. The van der Waals surface area contributed by atoms with E-state index in [1.165, 1.54) is 6.08 Å². The third-order valence-corrected chi connectivity index (χ3v) is 3.62. The fourth-order valence-corrected chi connectivity index (χ4v) is 3.17. The largest absolute Gasteiger partial charge is 0.264 e. The van der Waals surface area contributed by atoms with Crippen LogP contribution in [0, 0.1) is 0 Å². The van der Waals surface area contributed by atoms with E-state index < -0.39 is 38.5 Å². The van der Waals surface area contributed by atoms with E-state index >= 15 is 0 Å². The zero-order chi connectivity index (χ0) is 15.6. The predicted octanol–water partition coefficient (Wildman–Crippen LogP) is 0.705. The fraction of sp³-hybridized carbons (Fsp3) is 0.778. The summed E-state index contributed by atoms with van der Waals surface area (Å²) in [5.41, 5.74) is 9.22. The Morgan fingerprint density at radius 2 is 1.80 bits per heavy atom. The standard InChI is InChI=1S/C9H15N3O6S2/c1-6-4-7(11-12-10)9(18-20(3,15)16)8(5-6)17-19(2,13)14/h4,7-9H,5H2,1-3H3/t7-,8+,9-/m0/s1. The first kappa shape index (κ1) is 16.9. The van der Waals surface area contributed by atoms with Crippen molar-refractivity contribution in [1.82, 2.24) is 0 Å². The highest BCUT2D eigenvalue weighted by Gasteiger charge is 2.38. The molecule has 0 unspecified atom stereocenters. The summed E-state index contributed by atoms with van der Waals surface area (Å²) >= 11 is 0. The zero-order valence-corrected chi connectivity index (χ0v) is 12.8. The quantitative estimate of drug-likeness (QED) is 0.240. The van der Waals surface area contributed by atoms with Crippen LogP contribution in [0.1, 0.15) is 13.3 Å². The maximum atomic E-state index is 11.3. The van der Waals surface area contributed by atoms with Gasteiger partial charge in [0.05, 0.1) is 18.6 Å². The van der Waals surface area contributed by atoms with Gasteiger partial charge in [-0.1, -0.05) is 16.8 Å². The van der Waals surface area contributed by atoms with Crippen LogP contribution in [0.15, 0.2) is 16.8 Å². The van der Waals surface area contributed by atoms with Crippen molar-refractivity contribution in [2.24, 2.45) is 5.11 Å². The van der Waals surface area contributed by atoms with E-state index in [0.717, 1.165) is 12.5 Å². The fourth-order valence-electron chi connectivity index (χ4n) is 1.90. The molecule has 0 N–H and O–H groups in total. The summed E-state index contributed by atoms with van der Waals surface area (Å²) < 4.78 is 54.6. The molecule has 0 aromatic rings. The molecule has 0 aliphatic heterocycles. The van der Waals surface area contributed by atoms with Crippen LogP contribution in [0.25, 0.3) is 10.4 Å². The lowest BCUT2D eigenvalue weighted by Crippen LogP contribution is -2.44. The molecule has 20 heavy (non-hydrogen) atoms. The maximum Gasteiger partial charge on any atom is 0.264 e. The van der Waals surface area contributed by atoms with E-state index in [9.17, 15) is 16.8 Å². The first-order valence-electron chi connectivity index (χ1n) is 5.50. The second-order valence-electron chi connectivity index (χ2n) is 4.52. The first-order valence-corrected chi connectivity index (χ1v) is 9.13. The average molecular weight is 325 g/mol. The van der Waals surface area contributed by atoms with E-state index in [1.807, 2.05) is 0 Å². The van der Waals surface area contributed by atoms with Gasteiger partial charge in [-0.2, -0.15) is 16.8 Å². The smallest absolute Gasteiger partial charge is 0.264 e. The van der Waals surface area contributed by atoms with Crippen molar-refractivity contribution >= 4 is 20.2 Å². The van der Waals surface area contributed by atoms with Gasteiger partial charge < -0.3 is 0 Å². The minimum Gasteiger partial charge on any atom is -0.264 e. The molecule has 114 valence electrons. The summed E-state index contributed by atoms with van der Waals surface area (Å²) in [4.78, 5) is 2.61. The summed E-state index contributed by atoms with van der Waals surface area (Å²) in [6, 6.07) is -0.963. The number of nitrogens with zero attached hydrogens (tertiary/aromatic N) is 3. The summed E-state index contributed by atoms with van der Waals surface area (Å²) in [7, 11) is -7.68. The average Bonchev–Trinajstić information content (AvgIpc) is 2.19. The minimum absolute atomic E-state index is 0.157. The van der Waals surface area contributed by atoms with Crippen molar-refractivity contribution in [1.29, 1.82) is 0 Å². The van der Waals surface area contributed by atoms with Crippen molar-refractivity contribution in [3.8, 4) is 0 Å². The zero-order valence-electron chi connectivity index (χ0n) is 11.1. The van der Waals surface area contributed by atoms with Crippen LogP contribution >= 0.6 is 0 Å². The molecule has 0 saturated carbocycles. The molecule has 9 nitrogen and oxygen atoms in total. The van der Waals surface area contributed by atoms with Crippen LogP contribution < -0.4 is 0 Å². The highest BCUT2D eigenvalue weighted by atomic mass is 32.2. The van der Waals surface area contributed by atoms with E-state index in [-0.39, 0.29) is 6.42 Å². The Bertz CT molecular complexity index is 647. The van der Waals surface area contributed by atoms with Gasteiger partial charge >= 0.3 is 0 Å². The van der Waals surface area contributed by atoms with Crippen molar-refractivity contribution in [2.45, 2.75) is 31.6 Å². The van der Waals surface area contributed by atoms with Crippen LogP contribution in [0.3, 0.4) is 0 Å². The summed E-state index contributed by atoms with van der Waals surface area (Å²) in [6.07, 6.45) is 1.06. The molecule has 11 heteroatoms. The molecular weight excluding hydrogens is 310 g/mol. The molecule has 0 fully saturated rings. The molecule has 0 aromatic carbocycles. The highest BCUT2D eigenvalue weighted by Crippen LogP contribution is 2.28. The Hall–Kier alpha value is -1.13. The van der Waals surface area contributed by atoms with Gasteiger partial charge in [0, 0.05) is 4.91 Å². The molecule has 3 atom stereocenters. The van der Waals surface area contributed by atoms with E-state index in [4.69, 9.17) is 13.9 Å². The lowest BCUT2D eigenvalue weighted by Gasteiger charge is -2.32. The van der Waals surface area contributed by atoms with Gasteiger partial charge in [0.15, 0.2) is 0 Å². The molecule has 0 aromatic heterocycles. The van der Waals surface area contributed by atoms with Gasteiger partial charge in [0.1, 0.15) is 12.2 Å². The van der Waals surface area contributed by atoms with Gasteiger partial charge in [-0.05, 0) is 18.9 Å². The van der Waals surface area contributed by atoms with E-state index in [2.05, 4.69) is 10.0 Å². The first-order chi connectivity index (χ1) is 9.02. The molecule has 0 heterocycles. The van der Waals surface area contributed by atoms with Crippen LogP contribution in [0.5, 0.6) is 0 Å². The molecule has 0 bridgehead atoms. The number of rotatable bonds is 5. The normalized spacial score (nSPS) is 27.6. The topological polar surface area (TPSA) is 136 Å². The van der Waals surface area contributed by atoms with Gasteiger partial charge in [-0.3, -0.25) is 8.37 Å². The SMILES string of the molecule is CC1=C[C@H](N=[N+]=[N-])[C@H](OS(C)(=O)=O)[C@H](OS(C)(=O)=O)C1. The highest BCUT2D eigenvalue weighted by molar-refractivity contribution is 7.86. The maximum absolute atomic E-state index is 11.3. The molecule has 1 rings (SSSR count). The summed E-state index contributed by atoms with van der Waals surface area (Å²) in [6.45, 7) is 1.69. The third kappa shape index (κ3) is 5.47. The van der Waals surface area contributed by atoms with Crippen molar-refractivity contribution in [3.63, 3.8) is 0 Å². The Morgan fingerprint density at radius 3 is 2.25 bits per heavy atom. The molecule has 0 radical (unpaired) electrons.